The van der Waals surface area contributed by atoms with Gasteiger partial charge in [-0.2, -0.15) is 0 Å². The number of rotatable bonds is 6. The predicted molar refractivity (Wildman–Crippen MR) is 101 cm³/mol. The normalized spacial score (nSPS) is 18.1. The second-order valence-electron chi connectivity index (χ2n) is 6.83. The lowest BCUT2D eigenvalue weighted by atomic mass is 10.1. The number of nitrogens with zero attached hydrogens (tertiary/aromatic N) is 1. The van der Waals surface area contributed by atoms with Crippen molar-refractivity contribution in [3.8, 4) is 11.5 Å². The fraction of sp³-hybridized carbons (Fsp3) is 0.381. The number of hydrogen-bond acceptors (Lipinski definition) is 4. The molecule has 4 rings (SSSR count). The lowest BCUT2D eigenvalue weighted by molar-refractivity contribution is -0.117. The molecule has 0 saturated carbocycles. The SMILES string of the molecule is CN1C(=O)Cc2c1ccc1c2OC(NCCCCc2ccccc2)CO1. The van der Waals surface area contributed by atoms with Gasteiger partial charge in [0.05, 0.1) is 12.1 Å². The molecular weight excluding hydrogens is 328 g/mol. The van der Waals surface area contributed by atoms with Gasteiger partial charge in [-0.3, -0.25) is 10.1 Å². The van der Waals surface area contributed by atoms with E-state index in [9.17, 15) is 4.79 Å². The quantitative estimate of drug-likeness (QED) is 0.812. The zero-order valence-electron chi connectivity index (χ0n) is 15.0. The van der Waals surface area contributed by atoms with Gasteiger partial charge in [0, 0.05) is 12.6 Å². The number of benzene rings is 2. The van der Waals surface area contributed by atoms with E-state index in [2.05, 4.69) is 29.6 Å². The van der Waals surface area contributed by atoms with E-state index in [4.69, 9.17) is 9.47 Å². The van der Waals surface area contributed by atoms with Crippen LogP contribution in [0.5, 0.6) is 11.5 Å². The molecule has 2 aromatic carbocycles. The van der Waals surface area contributed by atoms with E-state index in [-0.39, 0.29) is 12.1 Å². The smallest absolute Gasteiger partial charge is 0.231 e. The van der Waals surface area contributed by atoms with Gasteiger partial charge in [-0.05, 0) is 43.5 Å². The Kier molecular flexibility index (Phi) is 4.80. The van der Waals surface area contributed by atoms with E-state index in [1.807, 2.05) is 18.2 Å². The summed E-state index contributed by atoms with van der Waals surface area (Å²) in [5.74, 6) is 1.54. The molecule has 1 unspecified atom stereocenters. The van der Waals surface area contributed by atoms with Crippen molar-refractivity contribution >= 4 is 11.6 Å². The van der Waals surface area contributed by atoms with E-state index >= 15 is 0 Å². The Morgan fingerprint density at radius 2 is 2.00 bits per heavy atom. The zero-order valence-corrected chi connectivity index (χ0v) is 15.0. The van der Waals surface area contributed by atoms with Crippen LogP contribution in [0, 0.1) is 0 Å². The topological polar surface area (TPSA) is 50.8 Å². The average molecular weight is 352 g/mol. The van der Waals surface area contributed by atoms with Crippen LogP contribution >= 0.6 is 0 Å². The van der Waals surface area contributed by atoms with Crippen LogP contribution in [-0.4, -0.2) is 32.3 Å². The second kappa shape index (κ2) is 7.38. The lowest BCUT2D eigenvalue weighted by Gasteiger charge is -2.28. The molecule has 1 atom stereocenters. The monoisotopic (exact) mass is 352 g/mol. The summed E-state index contributed by atoms with van der Waals surface area (Å²) in [4.78, 5) is 13.7. The number of aryl methyl sites for hydroxylation is 1. The van der Waals surface area contributed by atoms with Crippen LogP contribution in [0.2, 0.25) is 0 Å². The minimum absolute atomic E-state index is 0.0907. The Hall–Kier alpha value is -2.53. The van der Waals surface area contributed by atoms with E-state index in [1.165, 1.54) is 5.56 Å². The van der Waals surface area contributed by atoms with E-state index in [0.717, 1.165) is 42.8 Å². The van der Waals surface area contributed by atoms with Gasteiger partial charge in [0.25, 0.3) is 0 Å². The van der Waals surface area contributed by atoms with Gasteiger partial charge in [0.15, 0.2) is 17.7 Å². The zero-order chi connectivity index (χ0) is 17.9. The summed E-state index contributed by atoms with van der Waals surface area (Å²) >= 11 is 0. The Morgan fingerprint density at radius 3 is 2.85 bits per heavy atom. The maximum Gasteiger partial charge on any atom is 0.231 e. The van der Waals surface area contributed by atoms with E-state index in [0.29, 0.717) is 18.8 Å². The van der Waals surface area contributed by atoms with Gasteiger partial charge in [-0.1, -0.05) is 30.3 Å². The molecule has 5 heteroatoms. The first-order valence-electron chi connectivity index (χ1n) is 9.21. The molecule has 0 aliphatic carbocycles. The summed E-state index contributed by atoms with van der Waals surface area (Å²) in [5, 5.41) is 3.42. The first kappa shape index (κ1) is 16.9. The second-order valence-corrected chi connectivity index (χ2v) is 6.83. The largest absolute Gasteiger partial charge is 0.484 e. The molecule has 2 aliphatic rings. The van der Waals surface area contributed by atoms with Crippen molar-refractivity contribution in [2.24, 2.45) is 0 Å². The Bertz CT molecular complexity index is 791. The summed E-state index contributed by atoms with van der Waals surface area (Å²) in [6, 6.07) is 14.4. The number of fused-ring (bicyclic) bond motifs is 3. The van der Waals surface area contributed by atoms with E-state index < -0.39 is 0 Å². The molecule has 2 aromatic rings. The highest BCUT2D eigenvalue weighted by Gasteiger charge is 2.32. The van der Waals surface area contributed by atoms with E-state index in [1.54, 1.807) is 11.9 Å². The molecule has 0 radical (unpaired) electrons. The van der Waals surface area contributed by atoms with Crippen LogP contribution in [0.4, 0.5) is 5.69 Å². The third-order valence-corrected chi connectivity index (χ3v) is 5.02. The highest BCUT2D eigenvalue weighted by Crippen LogP contribution is 2.43. The Balaban J connectivity index is 1.29. The third-order valence-electron chi connectivity index (χ3n) is 5.02. The standard InChI is InChI=1S/C21H24N2O3/c1-23-17-10-11-18-21(16(17)13-20(23)24)26-19(14-25-18)22-12-6-5-9-15-7-3-2-4-8-15/h2-4,7-8,10-11,19,22H,5-6,9,12-14H2,1H3. The summed E-state index contributed by atoms with van der Waals surface area (Å²) in [6.07, 6.45) is 3.51. The number of hydrogen-bond donors (Lipinski definition) is 1. The lowest BCUT2D eigenvalue weighted by Crippen LogP contribution is -2.42. The fourth-order valence-electron chi connectivity index (χ4n) is 3.53. The van der Waals surface area contributed by atoms with Crippen LogP contribution in [0.25, 0.3) is 0 Å². The van der Waals surface area contributed by atoms with Crippen molar-refractivity contribution in [3.05, 3.63) is 53.6 Å². The van der Waals surface area contributed by atoms with Crippen molar-refractivity contribution in [2.75, 3.05) is 25.1 Å². The number of likely N-dealkylation sites (N-methyl/N-ethyl adjacent to an activating group) is 1. The molecule has 26 heavy (non-hydrogen) atoms. The molecule has 0 bridgehead atoms. The van der Waals surface area contributed by atoms with Crippen LogP contribution in [0.15, 0.2) is 42.5 Å². The van der Waals surface area contributed by atoms with Crippen LogP contribution in [0.1, 0.15) is 24.0 Å². The maximum absolute atomic E-state index is 12.0. The van der Waals surface area contributed by atoms with Gasteiger partial charge in [-0.15, -0.1) is 0 Å². The molecule has 0 saturated heterocycles. The molecule has 136 valence electrons. The molecule has 1 amide bonds. The van der Waals surface area contributed by atoms with Crippen LogP contribution in [0.3, 0.4) is 0 Å². The fourth-order valence-corrected chi connectivity index (χ4v) is 3.53. The van der Waals surface area contributed by atoms with Crippen molar-refractivity contribution in [1.29, 1.82) is 0 Å². The third kappa shape index (κ3) is 3.40. The average Bonchev–Trinajstić information content (AvgIpc) is 2.97. The minimum atomic E-state index is -0.174. The number of carbonyl (C=O) groups excluding carboxylic acids is 1. The number of nitrogens with one attached hydrogen (secondary N) is 1. The number of amides is 1. The van der Waals surface area contributed by atoms with Crippen molar-refractivity contribution in [2.45, 2.75) is 31.9 Å². The molecule has 2 aliphatic heterocycles. The van der Waals surface area contributed by atoms with Gasteiger partial charge >= 0.3 is 0 Å². The molecular formula is C21H24N2O3. The summed E-state index contributed by atoms with van der Waals surface area (Å²) in [7, 11) is 1.80. The number of anilines is 1. The van der Waals surface area contributed by atoms with Gasteiger partial charge in [0.1, 0.15) is 6.61 Å². The highest BCUT2D eigenvalue weighted by atomic mass is 16.6. The van der Waals surface area contributed by atoms with Gasteiger partial charge in [-0.25, -0.2) is 0 Å². The first-order valence-corrected chi connectivity index (χ1v) is 9.21. The van der Waals surface area contributed by atoms with Crippen molar-refractivity contribution in [3.63, 3.8) is 0 Å². The molecule has 0 spiro atoms. The number of carbonyl (C=O) groups is 1. The number of unbranched alkanes of at least 4 members (excludes halogenated alkanes) is 1. The van der Waals surface area contributed by atoms with Crippen molar-refractivity contribution < 1.29 is 14.3 Å². The molecule has 2 heterocycles. The Labute approximate surface area is 153 Å². The van der Waals surface area contributed by atoms with Crippen LogP contribution < -0.4 is 19.7 Å². The van der Waals surface area contributed by atoms with Gasteiger partial charge in [0.2, 0.25) is 5.91 Å². The maximum atomic E-state index is 12.0. The molecule has 1 N–H and O–H groups in total. The minimum Gasteiger partial charge on any atom is -0.484 e. The first-order chi connectivity index (χ1) is 12.7. The Morgan fingerprint density at radius 1 is 1.15 bits per heavy atom. The molecule has 0 fully saturated rings. The summed E-state index contributed by atoms with van der Waals surface area (Å²) in [5.41, 5.74) is 3.23. The van der Waals surface area contributed by atoms with Crippen molar-refractivity contribution in [1.82, 2.24) is 5.32 Å². The van der Waals surface area contributed by atoms with Crippen LogP contribution in [-0.2, 0) is 17.6 Å². The summed E-state index contributed by atoms with van der Waals surface area (Å²) in [6.45, 7) is 1.36. The molecule has 0 aromatic heterocycles. The summed E-state index contributed by atoms with van der Waals surface area (Å²) < 4.78 is 12.0. The number of ether oxygens (including phenoxy) is 2. The molecule has 5 nitrogen and oxygen atoms in total. The predicted octanol–water partition coefficient (Wildman–Crippen LogP) is 2.92. The van der Waals surface area contributed by atoms with Gasteiger partial charge < -0.3 is 14.4 Å². The highest BCUT2D eigenvalue weighted by molar-refractivity contribution is 6.02.